The minimum Gasteiger partial charge on any atom is -0.351 e. The van der Waals surface area contributed by atoms with Crippen molar-refractivity contribution in [2.45, 2.75) is 65.6 Å². The molecule has 1 amide bonds. The number of nitrogens with zero attached hydrogens (tertiary/aromatic N) is 1. The summed E-state index contributed by atoms with van der Waals surface area (Å²) < 4.78 is 0. The summed E-state index contributed by atoms with van der Waals surface area (Å²) >= 11 is 0. The molecule has 0 saturated heterocycles. The standard InChI is InChI=1S/C23H34N2O/c1-6-17-11-12-20(23(5,13-17)21(26)24-22(2,3)4)16-25-14-18-9-7-8-10-19(18)15-25/h6-10,17,20H,1,11-16H2,2-5H3,(H,24,26)/t17-,20?,23+/m1/s1. The summed E-state index contributed by atoms with van der Waals surface area (Å²) in [6.45, 7) is 15.4. The molecule has 1 aromatic carbocycles. The van der Waals surface area contributed by atoms with Crippen molar-refractivity contribution in [2.24, 2.45) is 17.3 Å². The van der Waals surface area contributed by atoms with Crippen molar-refractivity contribution >= 4 is 5.91 Å². The van der Waals surface area contributed by atoms with Gasteiger partial charge in [0.1, 0.15) is 0 Å². The summed E-state index contributed by atoms with van der Waals surface area (Å²) in [5, 5.41) is 3.25. The van der Waals surface area contributed by atoms with Gasteiger partial charge in [-0.05, 0) is 63.0 Å². The van der Waals surface area contributed by atoms with E-state index in [0.29, 0.717) is 11.8 Å². The number of benzene rings is 1. The van der Waals surface area contributed by atoms with Gasteiger partial charge in [0.2, 0.25) is 5.91 Å². The lowest BCUT2D eigenvalue weighted by molar-refractivity contribution is -0.138. The summed E-state index contributed by atoms with van der Waals surface area (Å²) in [5.74, 6) is 1.03. The second-order valence-electron chi connectivity index (χ2n) is 9.53. The Hall–Kier alpha value is -1.61. The molecular formula is C23H34N2O. The van der Waals surface area contributed by atoms with E-state index in [1.54, 1.807) is 0 Å². The minimum absolute atomic E-state index is 0.199. The summed E-state index contributed by atoms with van der Waals surface area (Å²) in [7, 11) is 0. The van der Waals surface area contributed by atoms with Gasteiger partial charge in [0.05, 0.1) is 5.41 Å². The molecule has 1 saturated carbocycles. The zero-order valence-corrected chi connectivity index (χ0v) is 16.8. The van der Waals surface area contributed by atoms with E-state index < -0.39 is 0 Å². The molecule has 1 aliphatic heterocycles. The van der Waals surface area contributed by atoms with Crippen LogP contribution in [0.4, 0.5) is 0 Å². The third-order valence-corrected chi connectivity index (χ3v) is 6.20. The molecule has 3 rings (SSSR count). The number of rotatable bonds is 4. The quantitative estimate of drug-likeness (QED) is 0.806. The van der Waals surface area contributed by atoms with Crippen molar-refractivity contribution in [3.05, 3.63) is 48.0 Å². The van der Waals surface area contributed by atoms with Crippen molar-refractivity contribution < 1.29 is 4.79 Å². The lowest BCUT2D eigenvalue weighted by atomic mass is 9.63. The molecule has 0 aromatic heterocycles. The highest BCUT2D eigenvalue weighted by molar-refractivity contribution is 5.83. The van der Waals surface area contributed by atoms with Gasteiger partial charge in [0.25, 0.3) is 0 Å². The monoisotopic (exact) mass is 354 g/mol. The summed E-state index contributed by atoms with van der Waals surface area (Å²) in [4.78, 5) is 15.8. The maximum absolute atomic E-state index is 13.2. The van der Waals surface area contributed by atoms with Gasteiger partial charge in [0, 0.05) is 25.2 Å². The van der Waals surface area contributed by atoms with Crippen molar-refractivity contribution in [1.82, 2.24) is 10.2 Å². The highest BCUT2D eigenvalue weighted by Crippen LogP contribution is 2.45. The van der Waals surface area contributed by atoms with Gasteiger partial charge in [0.15, 0.2) is 0 Å². The molecule has 0 bridgehead atoms. The van der Waals surface area contributed by atoms with Crippen LogP contribution < -0.4 is 5.32 Å². The average Bonchev–Trinajstić information content (AvgIpc) is 2.97. The van der Waals surface area contributed by atoms with Crippen LogP contribution in [-0.2, 0) is 17.9 Å². The number of hydrogen-bond donors (Lipinski definition) is 1. The first-order valence-corrected chi connectivity index (χ1v) is 9.95. The number of amides is 1. The van der Waals surface area contributed by atoms with Crippen LogP contribution in [0.2, 0.25) is 0 Å². The van der Waals surface area contributed by atoms with E-state index in [4.69, 9.17) is 0 Å². The molecule has 1 heterocycles. The van der Waals surface area contributed by atoms with Gasteiger partial charge in [-0.25, -0.2) is 0 Å². The lowest BCUT2D eigenvalue weighted by Gasteiger charge is -2.45. The molecule has 142 valence electrons. The number of carbonyl (C=O) groups excluding carboxylic acids is 1. The maximum Gasteiger partial charge on any atom is 0.226 e. The molecule has 26 heavy (non-hydrogen) atoms. The smallest absolute Gasteiger partial charge is 0.226 e. The molecule has 3 atom stereocenters. The first-order valence-electron chi connectivity index (χ1n) is 9.95. The van der Waals surface area contributed by atoms with Gasteiger partial charge in [-0.3, -0.25) is 9.69 Å². The average molecular weight is 355 g/mol. The fourth-order valence-electron chi connectivity index (χ4n) is 4.65. The van der Waals surface area contributed by atoms with Crippen LogP contribution in [0.3, 0.4) is 0 Å². The fourth-order valence-corrected chi connectivity index (χ4v) is 4.65. The lowest BCUT2D eigenvalue weighted by Crippen LogP contribution is -2.54. The van der Waals surface area contributed by atoms with Crippen LogP contribution in [0.15, 0.2) is 36.9 Å². The van der Waals surface area contributed by atoms with E-state index in [9.17, 15) is 4.79 Å². The molecule has 2 aliphatic rings. The Bertz CT molecular complexity index is 650. The maximum atomic E-state index is 13.2. The normalized spacial score (nSPS) is 29.2. The van der Waals surface area contributed by atoms with Crippen molar-refractivity contribution in [2.75, 3.05) is 6.54 Å². The number of fused-ring (bicyclic) bond motifs is 1. The van der Waals surface area contributed by atoms with E-state index in [-0.39, 0.29) is 16.9 Å². The van der Waals surface area contributed by atoms with Gasteiger partial charge in [-0.15, -0.1) is 6.58 Å². The molecule has 1 unspecified atom stereocenters. The Morgan fingerprint density at radius 2 is 1.88 bits per heavy atom. The van der Waals surface area contributed by atoms with E-state index in [1.165, 1.54) is 11.1 Å². The molecular weight excluding hydrogens is 320 g/mol. The van der Waals surface area contributed by atoms with Crippen molar-refractivity contribution in [3.63, 3.8) is 0 Å². The summed E-state index contributed by atoms with van der Waals surface area (Å²) in [6.07, 6.45) is 5.19. The number of hydrogen-bond acceptors (Lipinski definition) is 2. The van der Waals surface area contributed by atoms with Crippen molar-refractivity contribution in [3.8, 4) is 0 Å². The predicted octanol–water partition coefficient (Wildman–Crippen LogP) is 4.53. The largest absolute Gasteiger partial charge is 0.351 e. The first kappa shape index (κ1) is 19.2. The second-order valence-corrected chi connectivity index (χ2v) is 9.53. The predicted molar refractivity (Wildman–Crippen MR) is 108 cm³/mol. The molecule has 3 nitrogen and oxygen atoms in total. The van der Waals surface area contributed by atoms with E-state index >= 15 is 0 Å². The Morgan fingerprint density at radius 3 is 2.42 bits per heavy atom. The SMILES string of the molecule is C=C[C@@H]1CCC(CN2Cc3ccccc3C2)[C@@](C)(C(=O)NC(C)(C)C)C1. The van der Waals surface area contributed by atoms with Crippen LogP contribution >= 0.6 is 0 Å². The third kappa shape index (κ3) is 4.03. The zero-order valence-electron chi connectivity index (χ0n) is 16.8. The van der Waals surface area contributed by atoms with Gasteiger partial charge in [-0.1, -0.05) is 37.3 Å². The van der Waals surface area contributed by atoms with Crippen LogP contribution in [0.5, 0.6) is 0 Å². The second kappa shape index (κ2) is 7.19. The van der Waals surface area contributed by atoms with E-state index in [1.807, 2.05) is 6.08 Å². The Kier molecular flexibility index (Phi) is 5.30. The topological polar surface area (TPSA) is 32.3 Å². The van der Waals surface area contributed by atoms with E-state index in [2.05, 4.69) is 68.8 Å². The Morgan fingerprint density at radius 1 is 1.27 bits per heavy atom. The number of nitrogens with one attached hydrogen (secondary N) is 1. The fraction of sp³-hybridized carbons (Fsp3) is 0.609. The van der Waals surface area contributed by atoms with E-state index in [0.717, 1.165) is 38.9 Å². The van der Waals surface area contributed by atoms with Crippen LogP contribution in [0, 0.1) is 17.3 Å². The highest BCUT2D eigenvalue weighted by atomic mass is 16.2. The number of carbonyl (C=O) groups is 1. The molecule has 1 aromatic rings. The molecule has 3 heteroatoms. The molecule has 1 N–H and O–H groups in total. The van der Waals surface area contributed by atoms with Crippen molar-refractivity contribution in [1.29, 1.82) is 0 Å². The highest BCUT2D eigenvalue weighted by Gasteiger charge is 2.46. The minimum atomic E-state index is -0.334. The third-order valence-electron chi connectivity index (χ3n) is 6.20. The number of allylic oxidation sites excluding steroid dienone is 1. The molecule has 0 radical (unpaired) electrons. The van der Waals surface area contributed by atoms with Crippen LogP contribution in [-0.4, -0.2) is 22.9 Å². The first-order chi connectivity index (χ1) is 12.2. The molecule has 1 aliphatic carbocycles. The molecule has 1 fully saturated rings. The Balaban J connectivity index is 1.75. The Labute approximate surface area is 158 Å². The van der Waals surface area contributed by atoms with Gasteiger partial charge in [-0.2, -0.15) is 0 Å². The van der Waals surface area contributed by atoms with Crippen LogP contribution in [0.25, 0.3) is 0 Å². The molecule has 0 spiro atoms. The van der Waals surface area contributed by atoms with Gasteiger partial charge < -0.3 is 5.32 Å². The summed E-state index contributed by atoms with van der Waals surface area (Å²) in [6, 6.07) is 8.71. The van der Waals surface area contributed by atoms with Crippen LogP contribution in [0.1, 0.15) is 58.1 Å². The summed E-state index contributed by atoms with van der Waals surface area (Å²) in [5.41, 5.74) is 2.34. The van der Waals surface area contributed by atoms with Gasteiger partial charge >= 0.3 is 0 Å². The zero-order chi connectivity index (χ0) is 18.9.